The molecule has 1 heterocycles. The van der Waals surface area contributed by atoms with E-state index < -0.39 is 29.4 Å². The fourth-order valence-corrected chi connectivity index (χ4v) is 3.85. The maximum atomic E-state index is 13.0. The van der Waals surface area contributed by atoms with Gasteiger partial charge in [0.1, 0.15) is 5.76 Å². The smallest absolute Gasteiger partial charge is 0.416 e. The number of benzene rings is 2. The van der Waals surface area contributed by atoms with E-state index in [1.54, 1.807) is 6.92 Å². The molecule has 2 N–H and O–H groups in total. The van der Waals surface area contributed by atoms with E-state index in [4.69, 9.17) is 4.42 Å². The van der Waals surface area contributed by atoms with E-state index in [0.717, 1.165) is 24.3 Å². The normalized spacial score (nSPS) is 15.1. The monoisotopic (exact) mass is 495 g/mol. The molecule has 0 saturated carbocycles. The Hall–Kier alpha value is -3.76. The van der Waals surface area contributed by atoms with Gasteiger partial charge in [-0.2, -0.15) is 31.4 Å². The van der Waals surface area contributed by atoms with Gasteiger partial charge in [0.05, 0.1) is 22.5 Å². The summed E-state index contributed by atoms with van der Waals surface area (Å²) in [6.45, 7) is 1.62. The summed E-state index contributed by atoms with van der Waals surface area (Å²) in [7, 11) is 0. The van der Waals surface area contributed by atoms with Crippen molar-refractivity contribution in [3.05, 3.63) is 82.3 Å². The number of alkyl halides is 6. The molecule has 0 unspecified atom stereocenters. The summed E-state index contributed by atoms with van der Waals surface area (Å²) in [6, 6.07) is 8.82. The highest BCUT2D eigenvalue weighted by Crippen LogP contribution is 2.33. The standard InChI is InChI=1S/C24H19F6N3O2/c1-13-20-18(33-32-17-8-3-6-15(12-17)24(28,29)30)9-4-10-19(20)35-21(13)22(34)31-16-7-2-5-14(11-16)23(25,26)27/h2-3,5-8,11-12,32H,4,9-10H2,1H3,(H,31,34)/b33-18+. The van der Waals surface area contributed by atoms with Crippen LogP contribution in [0, 0.1) is 6.92 Å². The van der Waals surface area contributed by atoms with Crippen LogP contribution in [-0.2, 0) is 18.8 Å². The first kappa shape index (κ1) is 24.4. The van der Waals surface area contributed by atoms with Crippen LogP contribution in [-0.4, -0.2) is 11.6 Å². The molecule has 0 saturated heterocycles. The number of fused-ring (bicyclic) bond motifs is 1. The van der Waals surface area contributed by atoms with Crippen LogP contribution in [0.1, 0.15) is 51.4 Å². The molecule has 4 rings (SSSR count). The van der Waals surface area contributed by atoms with Gasteiger partial charge in [-0.15, -0.1) is 0 Å². The van der Waals surface area contributed by atoms with E-state index in [9.17, 15) is 31.1 Å². The summed E-state index contributed by atoms with van der Waals surface area (Å²) in [6.07, 6.45) is -7.41. The van der Waals surface area contributed by atoms with E-state index >= 15 is 0 Å². The number of aryl methyl sites for hydroxylation is 1. The van der Waals surface area contributed by atoms with Crippen LogP contribution in [0.4, 0.5) is 37.7 Å². The van der Waals surface area contributed by atoms with E-state index in [-0.39, 0.29) is 17.1 Å². The molecule has 3 aromatic rings. The molecule has 1 aliphatic carbocycles. The Morgan fingerprint density at radius 2 is 1.51 bits per heavy atom. The number of anilines is 2. The quantitative estimate of drug-likeness (QED) is 0.302. The Morgan fingerprint density at radius 1 is 0.914 bits per heavy atom. The van der Waals surface area contributed by atoms with Crippen LogP contribution in [0.15, 0.2) is 58.0 Å². The highest BCUT2D eigenvalue weighted by atomic mass is 19.4. The summed E-state index contributed by atoms with van der Waals surface area (Å²) in [5, 5.41) is 6.68. The number of amides is 1. The zero-order valence-electron chi connectivity index (χ0n) is 18.3. The lowest BCUT2D eigenvalue weighted by Gasteiger charge is -2.14. The van der Waals surface area contributed by atoms with Crippen LogP contribution in [0.2, 0.25) is 0 Å². The number of hydrogen-bond donors (Lipinski definition) is 2. The minimum Gasteiger partial charge on any atom is -0.455 e. The second-order valence-corrected chi connectivity index (χ2v) is 7.99. The Labute approximate surface area is 195 Å². The number of halogens is 6. The van der Waals surface area contributed by atoms with Crippen molar-refractivity contribution in [1.29, 1.82) is 0 Å². The summed E-state index contributed by atoms with van der Waals surface area (Å²) >= 11 is 0. The molecule has 1 amide bonds. The molecule has 0 spiro atoms. The third kappa shape index (κ3) is 5.33. The summed E-state index contributed by atoms with van der Waals surface area (Å²) < 4.78 is 83.5. The van der Waals surface area contributed by atoms with E-state index in [0.29, 0.717) is 41.9 Å². The number of nitrogens with one attached hydrogen (secondary N) is 2. The zero-order valence-corrected chi connectivity index (χ0v) is 18.3. The molecule has 0 atom stereocenters. The Balaban J connectivity index is 1.58. The molecule has 0 aliphatic heterocycles. The number of hydrazone groups is 1. The van der Waals surface area contributed by atoms with Crippen molar-refractivity contribution >= 4 is 23.0 Å². The van der Waals surface area contributed by atoms with Crippen LogP contribution >= 0.6 is 0 Å². The van der Waals surface area contributed by atoms with E-state index in [1.807, 2.05) is 0 Å². The maximum absolute atomic E-state index is 13.0. The lowest BCUT2D eigenvalue weighted by molar-refractivity contribution is -0.138. The molecular weight excluding hydrogens is 476 g/mol. The van der Waals surface area contributed by atoms with Crippen LogP contribution < -0.4 is 10.7 Å². The minimum absolute atomic E-state index is 0.0429. The minimum atomic E-state index is -4.56. The van der Waals surface area contributed by atoms with Crippen LogP contribution in [0.5, 0.6) is 0 Å². The average molecular weight is 495 g/mol. The first-order chi connectivity index (χ1) is 16.4. The van der Waals surface area contributed by atoms with Crippen molar-refractivity contribution < 1.29 is 35.6 Å². The Kier molecular flexibility index (Phi) is 6.35. The third-order valence-corrected chi connectivity index (χ3v) is 5.49. The van der Waals surface area contributed by atoms with Crippen molar-refractivity contribution in [3.8, 4) is 0 Å². The number of furan rings is 1. The van der Waals surface area contributed by atoms with Gasteiger partial charge in [0.15, 0.2) is 5.76 Å². The second kappa shape index (κ2) is 9.12. The van der Waals surface area contributed by atoms with E-state index in [2.05, 4.69) is 15.8 Å². The predicted octanol–water partition coefficient (Wildman–Crippen LogP) is 7.03. The molecule has 1 aliphatic rings. The first-order valence-electron chi connectivity index (χ1n) is 10.5. The van der Waals surface area contributed by atoms with Gasteiger partial charge in [-0.05, 0) is 56.2 Å². The molecule has 2 aromatic carbocycles. The Bertz CT molecular complexity index is 1290. The summed E-state index contributed by atoms with van der Waals surface area (Å²) in [5.74, 6) is -0.310. The van der Waals surface area contributed by atoms with Crippen molar-refractivity contribution in [2.24, 2.45) is 5.10 Å². The highest BCUT2D eigenvalue weighted by Gasteiger charge is 2.32. The number of rotatable bonds is 4. The predicted molar refractivity (Wildman–Crippen MR) is 117 cm³/mol. The molecule has 1 aromatic heterocycles. The van der Waals surface area contributed by atoms with Crippen LogP contribution in [0.25, 0.3) is 0 Å². The Morgan fingerprint density at radius 3 is 2.14 bits per heavy atom. The molecular formula is C24H19F6N3O2. The van der Waals surface area contributed by atoms with Gasteiger partial charge in [-0.1, -0.05) is 12.1 Å². The third-order valence-electron chi connectivity index (χ3n) is 5.49. The largest absolute Gasteiger partial charge is 0.455 e. The van der Waals surface area contributed by atoms with Crippen LogP contribution in [0.3, 0.4) is 0 Å². The fourth-order valence-electron chi connectivity index (χ4n) is 3.85. The lowest BCUT2D eigenvalue weighted by Crippen LogP contribution is -2.15. The number of nitrogens with zero attached hydrogens (tertiary/aromatic N) is 1. The molecule has 5 nitrogen and oxygen atoms in total. The molecule has 0 fully saturated rings. The summed E-state index contributed by atoms with van der Waals surface area (Å²) in [4.78, 5) is 12.8. The highest BCUT2D eigenvalue weighted by molar-refractivity contribution is 6.09. The SMILES string of the molecule is Cc1c(C(=O)Nc2cccc(C(F)(F)F)c2)oc2c1/C(=N/Nc1cccc(C(F)(F)F)c1)CCC2. The van der Waals surface area contributed by atoms with Crippen molar-refractivity contribution in [2.45, 2.75) is 38.5 Å². The maximum Gasteiger partial charge on any atom is 0.416 e. The topological polar surface area (TPSA) is 66.6 Å². The van der Waals surface area contributed by atoms with Gasteiger partial charge in [0.25, 0.3) is 5.91 Å². The molecule has 35 heavy (non-hydrogen) atoms. The van der Waals surface area contributed by atoms with Gasteiger partial charge in [-0.3, -0.25) is 10.2 Å². The zero-order chi connectivity index (χ0) is 25.4. The van der Waals surface area contributed by atoms with E-state index in [1.165, 1.54) is 24.3 Å². The van der Waals surface area contributed by atoms with Crippen molar-refractivity contribution in [3.63, 3.8) is 0 Å². The molecule has 11 heteroatoms. The molecule has 0 radical (unpaired) electrons. The van der Waals surface area contributed by atoms with Crippen molar-refractivity contribution in [2.75, 3.05) is 10.7 Å². The van der Waals surface area contributed by atoms with Gasteiger partial charge < -0.3 is 9.73 Å². The second-order valence-electron chi connectivity index (χ2n) is 7.99. The average Bonchev–Trinajstić information content (AvgIpc) is 3.14. The summed E-state index contributed by atoms with van der Waals surface area (Å²) in [5.41, 5.74) is 2.51. The van der Waals surface area contributed by atoms with Crippen molar-refractivity contribution in [1.82, 2.24) is 0 Å². The fraction of sp³-hybridized carbons (Fsp3) is 0.250. The van der Waals surface area contributed by atoms with Gasteiger partial charge >= 0.3 is 12.4 Å². The number of carbonyl (C=O) groups excluding carboxylic acids is 1. The lowest BCUT2D eigenvalue weighted by atomic mass is 9.93. The number of hydrogen-bond acceptors (Lipinski definition) is 4. The first-order valence-corrected chi connectivity index (χ1v) is 10.5. The van der Waals surface area contributed by atoms with Gasteiger partial charge in [-0.25, -0.2) is 0 Å². The van der Waals surface area contributed by atoms with Gasteiger partial charge in [0, 0.05) is 23.2 Å². The number of carbonyl (C=O) groups is 1. The molecule has 184 valence electrons. The molecule has 0 bridgehead atoms. The van der Waals surface area contributed by atoms with Gasteiger partial charge in [0.2, 0.25) is 0 Å².